The Kier molecular flexibility index (Phi) is 5.36. The Bertz CT molecular complexity index is 702. The molecule has 0 aliphatic carbocycles. The number of allylic oxidation sites excluding steroid dienone is 1. The van der Waals surface area contributed by atoms with Crippen LogP contribution in [0.15, 0.2) is 12.7 Å². The average Bonchev–Trinajstić information content (AvgIpc) is 2.77. The largest absolute Gasteiger partial charge is 0.369 e. The Labute approximate surface area is 137 Å². The van der Waals surface area contributed by atoms with Crippen LogP contribution in [-0.2, 0) is 19.4 Å². The molecule has 0 radical (unpaired) electrons. The van der Waals surface area contributed by atoms with E-state index >= 15 is 0 Å². The molecule has 3 N–H and O–H groups in total. The highest BCUT2D eigenvalue weighted by Crippen LogP contribution is 2.19. The van der Waals surface area contributed by atoms with Gasteiger partial charge < -0.3 is 11.1 Å². The first-order chi connectivity index (χ1) is 11.0. The number of rotatable bonds is 7. The van der Waals surface area contributed by atoms with Crippen LogP contribution < -0.4 is 11.1 Å². The smallest absolute Gasteiger partial charge is 0.222 e. The molecule has 0 aliphatic heterocycles. The van der Waals surface area contributed by atoms with Gasteiger partial charge in [-0.15, -0.1) is 6.58 Å². The minimum Gasteiger partial charge on any atom is -0.369 e. The highest BCUT2D eigenvalue weighted by Gasteiger charge is 2.12. The molecule has 0 fully saturated rings. The monoisotopic (exact) mass is 314 g/mol. The van der Waals surface area contributed by atoms with E-state index in [1.165, 1.54) is 11.3 Å². The van der Waals surface area contributed by atoms with E-state index in [9.17, 15) is 0 Å². The van der Waals surface area contributed by atoms with Crippen LogP contribution in [0.2, 0.25) is 0 Å². The summed E-state index contributed by atoms with van der Waals surface area (Å²) >= 11 is 0. The molecular weight excluding hydrogens is 288 g/mol. The van der Waals surface area contributed by atoms with Crippen LogP contribution in [0.3, 0.4) is 0 Å². The van der Waals surface area contributed by atoms with Gasteiger partial charge in [-0.25, -0.2) is 4.98 Å². The molecule has 2 rings (SSSR count). The van der Waals surface area contributed by atoms with E-state index in [0.717, 1.165) is 48.7 Å². The summed E-state index contributed by atoms with van der Waals surface area (Å²) in [5.74, 6) is 1.09. The molecule has 0 aliphatic rings. The number of hydrogen-bond donors (Lipinski definition) is 2. The summed E-state index contributed by atoms with van der Waals surface area (Å²) in [7, 11) is 0. The minimum atomic E-state index is 0.295. The summed E-state index contributed by atoms with van der Waals surface area (Å²) in [5, 5.41) is 7.95. The van der Waals surface area contributed by atoms with Gasteiger partial charge in [0.15, 0.2) is 0 Å². The van der Waals surface area contributed by atoms with E-state index in [1.807, 2.05) is 17.7 Å². The Balaban J connectivity index is 2.13. The molecule has 23 heavy (non-hydrogen) atoms. The zero-order chi connectivity index (χ0) is 17.0. The van der Waals surface area contributed by atoms with Crippen LogP contribution in [-0.4, -0.2) is 26.3 Å². The fourth-order valence-corrected chi connectivity index (χ4v) is 2.86. The third kappa shape index (κ3) is 3.70. The van der Waals surface area contributed by atoms with Gasteiger partial charge in [0.2, 0.25) is 5.95 Å². The molecule has 0 saturated heterocycles. The standard InChI is InChI=1S/C17H26N6/c1-6-8-15-11(3)20-17(18)21-16(15)19-10-9-14-12(4)22-23(7-2)13(14)5/h6H,1,7-10H2,2-5H3,(H3,18,19,20,21). The number of aryl methyl sites for hydroxylation is 3. The number of nitrogens with two attached hydrogens (primary N) is 1. The molecule has 0 unspecified atom stereocenters. The summed E-state index contributed by atoms with van der Waals surface area (Å²) in [4.78, 5) is 8.56. The quantitative estimate of drug-likeness (QED) is 0.768. The van der Waals surface area contributed by atoms with Gasteiger partial charge in [-0.2, -0.15) is 10.1 Å². The van der Waals surface area contributed by atoms with Crippen molar-refractivity contribution in [1.82, 2.24) is 19.7 Å². The van der Waals surface area contributed by atoms with Gasteiger partial charge in [0.25, 0.3) is 0 Å². The lowest BCUT2D eigenvalue weighted by Gasteiger charge is -2.13. The Morgan fingerprint density at radius 2 is 1.91 bits per heavy atom. The Morgan fingerprint density at radius 1 is 1.17 bits per heavy atom. The van der Waals surface area contributed by atoms with Gasteiger partial charge in [0, 0.05) is 30.0 Å². The average molecular weight is 314 g/mol. The van der Waals surface area contributed by atoms with E-state index in [4.69, 9.17) is 5.73 Å². The van der Waals surface area contributed by atoms with Gasteiger partial charge in [-0.1, -0.05) is 6.08 Å². The first-order valence-corrected chi connectivity index (χ1v) is 7.98. The molecule has 0 amide bonds. The first kappa shape index (κ1) is 17.0. The van der Waals surface area contributed by atoms with Gasteiger partial charge in [-0.3, -0.25) is 4.68 Å². The number of nitrogens with one attached hydrogen (secondary N) is 1. The SMILES string of the molecule is C=CCc1c(C)nc(N)nc1NCCc1c(C)nn(CC)c1C. The van der Waals surface area contributed by atoms with Crippen molar-refractivity contribution < 1.29 is 0 Å². The van der Waals surface area contributed by atoms with Gasteiger partial charge in [0.1, 0.15) is 5.82 Å². The molecule has 6 heteroatoms. The number of hydrogen-bond acceptors (Lipinski definition) is 5. The first-order valence-electron chi connectivity index (χ1n) is 7.98. The lowest BCUT2D eigenvalue weighted by atomic mass is 10.1. The molecule has 6 nitrogen and oxygen atoms in total. The zero-order valence-corrected chi connectivity index (χ0v) is 14.5. The zero-order valence-electron chi connectivity index (χ0n) is 14.5. The van der Waals surface area contributed by atoms with Crippen LogP contribution >= 0.6 is 0 Å². The summed E-state index contributed by atoms with van der Waals surface area (Å²) in [6, 6.07) is 0. The normalized spacial score (nSPS) is 10.8. The molecule has 0 spiro atoms. The molecule has 0 bridgehead atoms. The summed E-state index contributed by atoms with van der Waals surface area (Å²) in [6.07, 6.45) is 3.47. The second kappa shape index (κ2) is 7.26. The van der Waals surface area contributed by atoms with Crippen LogP contribution in [0.1, 0.15) is 35.1 Å². The van der Waals surface area contributed by atoms with E-state index in [2.05, 4.69) is 47.7 Å². The van der Waals surface area contributed by atoms with Crippen molar-refractivity contribution in [2.24, 2.45) is 0 Å². The molecule has 0 saturated carbocycles. The van der Waals surface area contributed by atoms with Crippen molar-refractivity contribution in [1.29, 1.82) is 0 Å². The highest BCUT2D eigenvalue weighted by atomic mass is 15.3. The summed E-state index contributed by atoms with van der Waals surface area (Å²) < 4.78 is 2.04. The maximum atomic E-state index is 5.78. The number of nitrogen functional groups attached to an aromatic ring is 1. The fraction of sp³-hybridized carbons (Fsp3) is 0.471. The van der Waals surface area contributed by atoms with Crippen LogP contribution in [0, 0.1) is 20.8 Å². The van der Waals surface area contributed by atoms with Crippen LogP contribution in [0.5, 0.6) is 0 Å². The molecular formula is C17H26N6. The topological polar surface area (TPSA) is 81.7 Å². The lowest BCUT2D eigenvalue weighted by Crippen LogP contribution is -2.13. The van der Waals surface area contributed by atoms with E-state index in [0.29, 0.717) is 5.95 Å². The van der Waals surface area contributed by atoms with Crippen molar-refractivity contribution in [3.8, 4) is 0 Å². The molecule has 2 aromatic rings. The Morgan fingerprint density at radius 3 is 2.52 bits per heavy atom. The lowest BCUT2D eigenvalue weighted by molar-refractivity contribution is 0.633. The fourth-order valence-electron chi connectivity index (χ4n) is 2.86. The predicted octanol–water partition coefficient (Wildman–Crippen LogP) is 2.58. The summed E-state index contributed by atoms with van der Waals surface area (Å²) in [5.41, 5.74) is 11.3. The van der Waals surface area contributed by atoms with Gasteiger partial charge in [0.05, 0.1) is 5.69 Å². The molecule has 2 heterocycles. The molecule has 0 aromatic carbocycles. The van der Waals surface area contributed by atoms with Gasteiger partial charge in [-0.05, 0) is 46.1 Å². The maximum Gasteiger partial charge on any atom is 0.222 e. The van der Waals surface area contributed by atoms with Crippen LogP contribution in [0.4, 0.5) is 11.8 Å². The third-order valence-corrected chi connectivity index (χ3v) is 4.08. The van der Waals surface area contributed by atoms with Crippen molar-refractivity contribution in [2.75, 3.05) is 17.6 Å². The molecule has 0 atom stereocenters. The number of nitrogens with zero attached hydrogens (tertiary/aromatic N) is 4. The van der Waals surface area contributed by atoms with Crippen molar-refractivity contribution >= 4 is 11.8 Å². The van der Waals surface area contributed by atoms with Crippen LogP contribution in [0.25, 0.3) is 0 Å². The van der Waals surface area contributed by atoms with Crippen molar-refractivity contribution in [2.45, 2.75) is 47.1 Å². The predicted molar refractivity (Wildman–Crippen MR) is 94.7 cm³/mol. The van der Waals surface area contributed by atoms with E-state index in [1.54, 1.807) is 0 Å². The second-order valence-corrected chi connectivity index (χ2v) is 5.63. The van der Waals surface area contributed by atoms with E-state index in [-0.39, 0.29) is 0 Å². The van der Waals surface area contributed by atoms with Crippen molar-refractivity contribution in [3.05, 3.63) is 40.9 Å². The number of aromatic nitrogens is 4. The Hall–Kier alpha value is -2.37. The minimum absolute atomic E-state index is 0.295. The third-order valence-electron chi connectivity index (χ3n) is 4.08. The van der Waals surface area contributed by atoms with Crippen molar-refractivity contribution in [3.63, 3.8) is 0 Å². The van der Waals surface area contributed by atoms with Gasteiger partial charge >= 0.3 is 0 Å². The highest BCUT2D eigenvalue weighted by molar-refractivity contribution is 5.50. The number of anilines is 2. The summed E-state index contributed by atoms with van der Waals surface area (Å²) in [6.45, 7) is 13.7. The molecule has 124 valence electrons. The van der Waals surface area contributed by atoms with E-state index < -0.39 is 0 Å². The maximum absolute atomic E-state index is 5.78. The second-order valence-electron chi connectivity index (χ2n) is 5.63. The molecule has 2 aromatic heterocycles.